The normalized spacial score (nSPS) is 11.7. The Bertz CT molecular complexity index is 611. The topological polar surface area (TPSA) is 52.0 Å². The Hall–Kier alpha value is -1.80. The zero-order valence-corrected chi connectivity index (χ0v) is 13.2. The minimum Gasteiger partial charge on any atom is -0.399 e. The zero-order chi connectivity index (χ0) is 18.7. The number of halogens is 8. The highest BCUT2D eigenvalue weighted by Gasteiger charge is 2.31. The van der Waals surface area contributed by atoms with Gasteiger partial charge in [-0.3, -0.25) is 0 Å². The van der Waals surface area contributed by atoms with Gasteiger partial charge in [-0.15, -0.1) is 0 Å². The van der Waals surface area contributed by atoms with Gasteiger partial charge in [-0.25, -0.2) is 0 Å². The fraction of sp³-hybridized carbons (Fsp3) is 0.143. The molecule has 0 heterocycles. The molecular weight excluding hydrogens is 381 g/mol. The Kier molecular flexibility index (Phi) is 6.24. The molecule has 2 rings (SSSR count). The fourth-order valence-electron chi connectivity index (χ4n) is 1.55. The maximum Gasteiger partial charge on any atom is 0.416 e. The third kappa shape index (κ3) is 6.37. The molecule has 0 saturated carbocycles. The lowest BCUT2D eigenvalue weighted by Gasteiger charge is -2.07. The molecule has 0 bridgehead atoms. The largest absolute Gasteiger partial charge is 0.416 e. The molecule has 0 aliphatic carbocycles. The zero-order valence-electron chi connectivity index (χ0n) is 11.6. The highest BCUT2D eigenvalue weighted by molar-refractivity contribution is 6.31. The van der Waals surface area contributed by atoms with Gasteiger partial charge in [0.15, 0.2) is 0 Å². The van der Waals surface area contributed by atoms with Crippen molar-refractivity contribution in [3.05, 3.63) is 57.6 Å². The van der Waals surface area contributed by atoms with Crippen LogP contribution in [0.2, 0.25) is 10.0 Å². The van der Waals surface area contributed by atoms with Crippen LogP contribution in [0.3, 0.4) is 0 Å². The predicted octanol–water partition coefficient (Wildman–Crippen LogP) is 5.88. The van der Waals surface area contributed by atoms with Crippen molar-refractivity contribution >= 4 is 34.6 Å². The second-order valence-electron chi connectivity index (χ2n) is 4.54. The lowest BCUT2D eigenvalue weighted by molar-refractivity contribution is -0.138. The van der Waals surface area contributed by atoms with Gasteiger partial charge < -0.3 is 11.5 Å². The van der Waals surface area contributed by atoms with Crippen molar-refractivity contribution in [3.8, 4) is 0 Å². The average Bonchev–Trinajstić information content (AvgIpc) is 2.35. The Balaban J connectivity index is 0.000000240. The van der Waals surface area contributed by atoms with E-state index < -0.39 is 23.5 Å². The second-order valence-corrected chi connectivity index (χ2v) is 5.41. The number of alkyl halides is 6. The first kappa shape index (κ1) is 20.2. The van der Waals surface area contributed by atoms with E-state index in [-0.39, 0.29) is 21.4 Å². The van der Waals surface area contributed by atoms with Crippen LogP contribution in [0.25, 0.3) is 0 Å². The predicted molar refractivity (Wildman–Crippen MR) is 81.7 cm³/mol. The molecule has 0 amide bonds. The maximum absolute atomic E-state index is 12.0. The summed E-state index contributed by atoms with van der Waals surface area (Å²) in [5.41, 5.74) is 8.71. The molecule has 24 heavy (non-hydrogen) atoms. The molecular formula is C14H10Cl2F6N2. The first-order valence-corrected chi connectivity index (χ1v) is 6.81. The Morgan fingerprint density at radius 3 is 1.08 bits per heavy atom. The van der Waals surface area contributed by atoms with Gasteiger partial charge >= 0.3 is 12.4 Å². The maximum atomic E-state index is 12.0. The summed E-state index contributed by atoms with van der Waals surface area (Å²) in [6, 6.07) is 5.86. The molecule has 0 radical (unpaired) electrons. The van der Waals surface area contributed by atoms with Crippen molar-refractivity contribution in [1.29, 1.82) is 0 Å². The quantitative estimate of drug-likeness (QED) is 0.435. The number of nitrogen functional groups attached to an aromatic ring is 2. The second kappa shape index (κ2) is 7.40. The van der Waals surface area contributed by atoms with Crippen LogP contribution in [0.1, 0.15) is 11.1 Å². The van der Waals surface area contributed by atoms with E-state index in [4.69, 9.17) is 34.7 Å². The van der Waals surface area contributed by atoms with Crippen LogP contribution >= 0.6 is 23.2 Å². The van der Waals surface area contributed by atoms with Crippen LogP contribution in [0.5, 0.6) is 0 Å². The monoisotopic (exact) mass is 390 g/mol. The van der Waals surface area contributed by atoms with Crippen molar-refractivity contribution < 1.29 is 26.3 Å². The lowest BCUT2D eigenvalue weighted by Crippen LogP contribution is -2.05. The van der Waals surface area contributed by atoms with Gasteiger partial charge in [0.25, 0.3) is 0 Å². The highest BCUT2D eigenvalue weighted by Crippen LogP contribution is 2.33. The molecule has 0 unspecified atom stereocenters. The molecule has 0 fully saturated rings. The summed E-state index contributed by atoms with van der Waals surface area (Å²) < 4.78 is 72.2. The standard InChI is InChI=1S/2C7H5ClF3N/c2*8-5-1-4(7(9,10)11)2-6(12)3-5/h2*1-3H,12H2. The third-order valence-corrected chi connectivity index (χ3v) is 2.93. The SMILES string of the molecule is Nc1cc(Cl)cc(C(F)(F)F)c1.Nc1cc(Cl)cc(C(F)(F)F)c1. The average molecular weight is 391 g/mol. The third-order valence-electron chi connectivity index (χ3n) is 2.49. The molecule has 2 aromatic carbocycles. The van der Waals surface area contributed by atoms with Crippen molar-refractivity contribution in [2.45, 2.75) is 12.4 Å². The number of anilines is 2. The number of rotatable bonds is 0. The smallest absolute Gasteiger partial charge is 0.399 e. The van der Waals surface area contributed by atoms with Crippen LogP contribution in [-0.2, 0) is 12.4 Å². The first-order valence-electron chi connectivity index (χ1n) is 6.05. The van der Waals surface area contributed by atoms with Gasteiger partial charge in [0.1, 0.15) is 0 Å². The Labute approximate surface area is 143 Å². The number of benzene rings is 2. The van der Waals surface area contributed by atoms with Gasteiger partial charge in [0.05, 0.1) is 11.1 Å². The van der Waals surface area contributed by atoms with E-state index in [9.17, 15) is 26.3 Å². The van der Waals surface area contributed by atoms with Gasteiger partial charge in [0, 0.05) is 21.4 Å². The minimum atomic E-state index is -4.39. The molecule has 2 aromatic rings. The van der Waals surface area contributed by atoms with Gasteiger partial charge in [-0.2, -0.15) is 26.3 Å². The Morgan fingerprint density at radius 1 is 0.583 bits per heavy atom. The molecule has 0 aromatic heterocycles. The van der Waals surface area contributed by atoms with E-state index >= 15 is 0 Å². The molecule has 132 valence electrons. The summed E-state index contributed by atoms with van der Waals surface area (Å²) in [5.74, 6) is 0. The summed E-state index contributed by atoms with van der Waals surface area (Å²) in [6.45, 7) is 0. The molecule has 0 aliphatic rings. The summed E-state index contributed by atoms with van der Waals surface area (Å²) in [6.07, 6.45) is -8.78. The molecule has 4 N–H and O–H groups in total. The summed E-state index contributed by atoms with van der Waals surface area (Å²) >= 11 is 10.8. The summed E-state index contributed by atoms with van der Waals surface area (Å²) in [7, 11) is 0. The van der Waals surface area contributed by atoms with Crippen LogP contribution < -0.4 is 11.5 Å². The summed E-state index contributed by atoms with van der Waals surface area (Å²) in [4.78, 5) is 0. The van der Waals surface area contributed by atoms with E-state index in [2.05, 4.69) is 0 Å². The Morgan fingerprint density at radius 2 is 0.875 bits per heavy atom. The first-order chi connectivity index (χ1) is 10.8. The number of hydrogen-bond donors (Lipinski definition) is 2. The van der Waals surface area contributed by atoms with Crippen molar-refractivity contribution in [1.82, 2.24) is 0 Å². The van der Waals surface area contributed by atoms with E-state index in [0.717, 1.165) is 24.3 Å². The van der Waals surface area contributed by atoms with E-state index in [0.29, 0.717) is 0 Å². The van der Waals surface area contributed by atoms with E-state index in [1.807, 2.05) is 0 Å². The molecule has 0 spiro atoms. The van der Waals surface area contributed by atoms with Gasteiger partial charge in [0.2, 0.25) is 0 Å². The van der Waals surface area contributed by atoms with E-state index in [1.165, 1.54) is 12.1 Å². The lowest BCUT2D eigenvalue weighted by atomic mass is 10.2. The molecule has 0 atom stereocenters. The molecule has 0 saturated heterocycles. The van der Waals surface area contributed by atoms with Crippen LogP contribution in [0.15, 0.2) is 36.4 Å². The van der Waals surface area contributed by atoms with Gasteiger partial charge in [-0.05, 0) is 36.4 Å². The van der Waals surface area contributed by atoms with Crippen LogP contribution in [0.4, 0.5) is 37.7 Å². The van der Waals surface area contributed by atoms with Crippen molar-refractivity contribution in [2.24, 2.45) is 0 Å². The molecule has 2 nitrogen and oxygen atoms in total. The van der Waals surface area contributed by atoms with Gasteiger partial charge in [-0.1, -0.05) is 23.2 Å². The highest BCUT2D eigenvalue weighted by atomic mass is 35.5. The fourth-order valence-corrected chi connectivity index (χ4v) is 2.04. The number of nitrogens with two attached hydrogens (primary N) is 2. The molecule has 10 heteroatoms. The molecule has 0 aliphatic heterocycles. The van der Waals surface area contributed by atoms with Crippen molar-refractivity contribution in [3.63, 3.8) is 0 Å². The van der Waals surface area contributed by atoms with Crippen LogP contribution in [0, 0.1) is 0 Å². The van der Waals surface area contributed by atoms with Crippen LogP contribution in [-0.4, -0.2) is 0 Å². The summed E-state index contributed by atoms with van der Waals surface area (Å²) in [5, 5.41) is -0.0235. The minimum absolute atomic E-state index is 0.00910. The number of hydrogen-bond acceptors (Lipinski definition) is 2. The van der Waals surface area contributed by atoms with E-state index in [1.54, 1.807) is 0 Å². The van der Waals surface area contributed by atoms with Crippen molar-refractivity contribution in [2.75, 3.05) is 11.5 Å².